The highest BCUT2D eigenvalue weighted by atomic mass is 32.1. The number of hydrogen-bond donors (Lipinski definition) is 2. The van der Waals surface area contributed by atoms with Crippen molar-refractivity contribution in [1.29, 1.82) is 0 Å². The summed E-state index contributed by atoms with van der Waals surface area (Å²) in [6.07, 6.45) is 5.29. The number of anilines is 1. The fourth-order valence-electron chi connectivity index (χ4n) is 4.02. The van der Waals surface area contributed by atoms with E-state index in [-0.39, 0.29) is 18.2 Å². The van der Waals surface area contributed by atoms with Gasteiger partial charge in [-0.2, -0.15) is 0 Å². The number of piperidine rings is 1. The fraction of sp³-hybridized carbons (Fsp3) is 0.450. The molecule has 0 saturated carbocycles. The number of nitrogens with one attached hydrogen (secondary N) is 2. The predicted molar refractivity (Wildman–Crippen MR) is 113 cm³/mol. The van der Waals surface area contributed by atoms with Crippen molar-refractivity contribution in [3.05, 3.63) is 30.5 Å². The Balaban J connectivity index is 1.50. The molecular formula is C20H25N5O2S. The molecular weight excluding hydrogens is 374 g/mol. The average Bonchev–Trinajstić information content (AvgIpc) is 3.24. The second-order valence-electron chi connectivity index (χ2n) is 7.27. The van der Waals surface area contributed by atoms with E-state index in [1.54, 1.807) is 4.90 Å². The first-order chi connectivity index (χ1) is 13.6. The van der Waals surface area contributed by atoms with Gasteiger partial charge in [-0.1, -0.05) is 12.5 Å². The molecule has 2 aromatic rings. The van der Waals surface area contributed by atoms with Gasteiger partial charge in [-0.3, -0.25) is 19.5 Å². The lowest BCUT2D eigenvalue weighted by atomic mass is 10.1. The second kappa shape index (κ2) is 7.89. The van der Waals surface area contributed by atoms with Gasteiger partial charge >= 0.3 is 0 Å². The summed E-state index contributed by atoms with van der Waals surface area (Å²) in [5.41, 5.74) is 1.67. The topological polar surface area (TPSA) is 71.7 Å². The molecule has 0 bridgehead atoms. The third-order valence-corrected chi connectivity index (χ3v) is 5.85. The lowest BCUT2D eigenvalue weighted by Gasteiger charge is -2.38. The molecule has 1 aromatic heterocycles. The highest BCUT2D eigenvalue weighted by Crippen LogP contribution is 2.26. The minimum absolute atomic E-state index is 0.0781. The number of nitrogens with zero attached hydrogens (tertiary/aromatic N) is 3. The first-order valence-corrected chi connectivity index (χ1v) is 10.3. The average molecular weight is 400 g/mol. The molecule has 1 aromatic carbocycles. The zero-order valence-electron chi connectivity index (χ0n) is 16.0. The highest BCUT2D eigenvalue weighted by molar-refractivity contribution is 7.80. The molecule has 3 heterocycles. The standard InChI is InChI=1S/C20H25N5O2S/c1-2-24-19(27)17(25(20(24)28)23-10-4-3-5-11-23)13-18(26)22-15-7-6-14-8-9-21-16(14)12-15/h6-9,12,17,21H,2-5,10-11,13H2,1H3,(H,22,26). The van der Waals surface area contributed by atoms with Crippen LogP contribution in [-0.4, -0.2) is 62.5 Å². The minimum Gasteiger partial charge on any atom is -0.361 e. The van der Waals surface area contributed by atoms with Gasteiger partial charge in [0.05, 0.1) is 6.42 Å². The molecule has 7 nitrogen and oxygen atoms in total. The summed E-state index contributed by atoms with van der Waals surface area (Å²) in [6.45, 7) is 4.16. The van der Waals surface area contributed by atoms with E-state index in [4.69, 9.17) is 12.2 Å². The molecule has 8 heteroatoms. The van der Waals surface area contributed by atoms with Crippen LogP contribution in [0, 0.1) is 0 Å². The molecule has 2 N–H and O–H groups in total. The van der Waals surface area contributed by atoms with Gasteiger partial charge in [0.15, 0.2) is 5.11 Å². The van der Waals surface area contributed by atoms with Gasteiger partial charge in [0.25, 0.3) is 5.91 Å². The number of rotatable bonds is 5. The van der Waals surface area contributed by atoms with Crippen molar-refractivity contribution < 1.29 is 9.59 Å². The number of aromatic nitrogens is 1. The Morgan fingerprint density at radius 3 is 2.79 bits per heavy atom. The monoisotopic (exact) mass is 399 g/mol. The summed E-state index contributed by atoms with van der Waals surface area (Å²) >= 11 is 5.58. The number of hydrogen-bond acceptors (Lipinski definition) is 4. The van der Waals surface area contributed by atoms with Gasteiger partial charge in [0.1, 0.15) is 6.04 Å². The Hall–Kier alpha value is -2.45. The fourth-order valence-corrected chi connectivity index (χ4v) is 4.49. The van der Waals surface area contributed by atoms with Crippen LogP contribution in [0.4, 0.5) is 5.69 Å². The number of benzene rings is 1. The number of carbonyl (C=O) groups is 2. The summed E-state index contributed by atoms with van der Waals surface area (Å²) in [7, 11) is 0. The molecule has 2 amide bonds. The Bertz CT molecular complexity index is 905. The van der Waals surface area contributed by atoms with Crippen molar-refractivity contribution in [2.24, 2.45) is 0 Å². The molecule has 1 atom stereocenters. The molecule has 2 aliphatic heterocycles. The van der Waals surface area contributed by atoms with Crippen LogP contribution >= 0.6 is 12.2 Å². The largest absolute Gasteiger partial charge is 0.361 e. The van der Waals surface area contributed by atoms with Crippen molar-refractivity contribution in [3.63, 3.8) is 0 Å². The summed E-state index contributed by atoms with van der Waals surface area (Å²) in [5.74, 6) is -0.278. The summed E-state index contributed by atoms with van der Waals surface area (Å²) < 4.78 is 0. The maximum Gasteiger partial charge on any atom is 0.253 e. The molecule has 1 unspecified atom stereocenters. The molecule has 0 spiro atoms. The number of amides is 2. The molecule has 148 valence electrons. The quantitative estimate of drug-likeness (QED) is 0.757. The van der Waals surface area contributed by atoms with Gasteiger partial charge in [-0.05, 0) is 55.6 Å². The number of aromatic amines is 1. The number of fused-ring (bicyclic) bond motifs is 1. The summed E-state index contributed by atoms with van der Waals surface area (Å²) in [4.78, 5) is 30.4. The third-order valence-electron chi connectivity index (χ3n) is 5.44. The van der Waals surface area contributed by atoms with Crippen molar-refractivity contribution in [2.45, 2.75) is 38.6 Å². The van der Waals surface area contributed by atoms with Gasteiger partial charge in [-0.15, -0.1) is 0 Å². The zero-order valence-corrected chi connectivity index (χ0v) is 16.8. The van der Waals surface area contributed by atoms with Crippen LogP contribution in [-0.2, 0) is 9.59 Å². The van der Waals surface area contributed by atoms with Crippen molar-refractivity contribution in [2.75, 3.05) is 25.0 Å². The van der Waals surface area contributed by atoms with Crippen LogP contribution < -0.4 is 5.32 Å². The maximum atomic E-state index is 12.9. The molecule has 2 fully saturated rings. The van der Waals surface area contributed by atoms with Crippen molar-refractivity contribution in [1.82, 2.24) is 19.9 Å². The van der Waals surface area contributed by atoms with Gasteiger partial charge in [-0.25, -0.2) is 5.01 Å². The highest BCUT2D eigenvalue weighted by Gasteiger charge is 2.45. The molecule has 0 aliphatic carbocycles. The van der Waals surface area contributed by atoms with Crippen molar-refractivity contribution >= 4 is 45.7 Å². The first kappa shape index (κ1) is 18.9. The van der Waals surface area contributed by atoms with Gasteiger partial charge in [0.2, 0.25) is 5.91 Å². The molecule has 28 heavy (non-hydrogen) atoms. The normalized spacial score (nSPS) is 21.0. The Morgan fingerprint density at radius 2 is 2.04 bits per heavy atom. The van der Waals surface area contributed by atoms with Crippen LogP contribution in [0.5, 0.6) is 0 Å². The Morgan fingerprint density at radius 1 is 1.25 bits per heavy atom. The predicted octanol–water partition coefficient (Wildman–Crippen LogP) is 2.72. The van der Waals surface area contributed by atoms with Crippen LogP contribution in [0.1, 0.15) is 32.6 Å². The van der Waals surface area contributed by atoms with E-state index in [1.807, 2.05) is 42.4 Å². The Labute approximate surface area is 169 Å². The van der Waals surface area contributed by atoms with E-state index in [2.05, 4.69) is 15.3 Å². The van der Waals surface area contributed by atoms with E-state index in [0.717, 1.165) is 36.8 Å². The zero-order chi connectivity index (χ0) is 19.7. The second-order valence-corrected chi connectivity index (χ2v) is 7.64. The minimum atomic E-state index is -0.570. The number of carbonyl (C=O) groups excluding carboxylic acids is 2. The molecule has 0 radical (unpaired) electrons. The number of H-pyrrole nitrogens is 1. The van der Waals surface area contributed by atoms with E-state index >= 15 is 0 Å². The van der Waals surface area contributed by atoms with E-state index < -0.39 is 6.04 Å². The number of thiocarbonyl (C=S) groups is 1. The lowest BCUT2D eigenvalue weighted by molar-refractivity contribution is -0.133. The molecule has 2 aliphatic rings. The SMILES string of the molecule is CCN1C(=O)C(CC(=O)Nc2ccc3cc[nH]c3c2)N(N2CCCCC2)C1=S. The smallest absolute Gasteiger partial charge is 0.253 e. The lowest BCUT2D eigenvalue weighted by Crippen LogP contribution is -2.51. The first-order valence-electron chi connectivity index (χ1n) is 9.85. The summed E-state index contributed by atoms with van der Waals surface area (Å²) in [5, 5.41) is 8.55. The van der Waals surface area contributed by atoms with Gasteiger partial charge < -0.3 is 10.3 Å². The van der Waals surface area contributed by atoms with Crippen LogP contribution in [0.25, 0.3) is 10.9 Å². The van der Waals surface area contributed by atoms with E-state index in [1.165, 1.54) is 6.42 Å². The van der Waals surface area contributed by atoms with Crippen LogP contribution in [0.3, 0.4) is 0 Å². The van der Waals surface area contributed by atoms with E-state index in [9.17, 15) is 9.59 Å². The maximum absolute atomic E-state index is 12.9. The Kier molecular flexibility index (Phi) is 5.32. The molecule has 4 rings (SSSR count). The van der Waals surface area contributed by atoms with Gasteiger partial charge in [0, 0.05) is 37.0 Å². The van der Waals surface area contributed by atoms with Crippen LogP contribution in [0.2, 0.25) is 0 Å². The van der Waals surface area contributed by atoms with E-state index in [0.29, 0.717) is 17.3 Å². The summed E-state index contributed by atoms with van der Waals surface area (Å²) in [6, 6.07) is 7.13. The molecule has 2 saturated heterocycles. The third kappa shape index (κ3) is 3.49. The van der Waals surface area contributed by atoms with Crippen LogP contribution in [0.15, 0.2) is 30.5 Å². The number of likely N-dealkylation sites (N-methyl/N-ethyl adjacent to an activating group) is 1. The van der Waals surface area contributed by atoms with Crippen molar-refractivity contribution in [3.8, 4) is 0 Å². The number of hydrazine groups is 1.